The van der Waals surface area contributed by atoms with E-state index >= 15 is 0 Å². The highest BCUT2D eigenvalue weighted by atomic mass is 16.4. The molecule has 11 atom stereocenters. The number of phenolic OH excluding ortho intramolecular Hbond substituents is 1. The lowest BCUT2D eigenvalue weighted by Gasteiger charge is -2.31. The number of aromatic nitrogens is 2. The van der Waals surface area contributed by atoms with E-state index in [9.17, 15) is 63.3 Å². The number of aliphatic hydroxyl groups excluding tert-OH is 1. The Hall–Kier alpha value is -7.93. The molecule has 0 radical (unpaired) electrons. The molecular formula is C51H72N12O13. The van der Waals surface area contributed by atoms with Gasteiger partial charge in [0.05, 0.1) is 24.9 Å². The molecule has 1 aromatic heterocycles. The van der Waals surface area contributed by atoms with E-state index in [1.165, 1.54) is 50.6 Å². The normalized spacial score (nSPS) is 17.1. The van der Waals surface area contributed by atoms with Crippen molar-refractivity contribution < 1.29 is 63.3 Å². The minimum Gasteiger partial charge on any atom is -0.508 e. The van der Waals surface area contributed by atoms with Crippen molar-refractivity contribution in [2.75, 3.05) is 6.54 Å². The Morgan fingerprint density at radius 3 is 1.72 bits per heavy atom. The first-order valence-electron chi connectivity index (χ1n) is 25.1. The minimum absolute atomic E-state index is 0.100. The van der Waals surface area contributed by atoms with E-state index in [-0.39, 0.29) is 31.4 Å². The Labute approximate surface area is 439 Å². The number of nitrogens with zero attached hydrogens (tertiary/aromatic N) is 1. The molecule has 1 aliphatic rings. The zero-order chi connectivity index (χ0) is 56.2. The van der Waals surface area contributed by atoms with Gasteiger partial charge in [-0.2, -0.15) is 0 Å². The van der Waals surface area contributed by atoms with Gasteiger partial charge in [-0.15, -0.1) is 0 Å². The van der Waals surface area contributed by atoms with Gasteiger partial charge >= 0.3 is 5.97 Å². The number of hydrogen-bond acceptors (Lipinski definition) is 14. The van der Waals surface area contributed by atoms with Crippen LogP contribution in [0.4, 0.5) is 0 Å². The Kier molecular flexibility index (Phi) is 23.3. The van der Waals surface area contributed by atoms with Crippen molar-refractivity contribution in [3.05, 3.63) is 83.9 Å². The van der Waals surface area contributed by atoms with Crippen LogP contribution >= 0.6 is 0 Å². The number of carboxylic acids is 1. The van der Waals surface area contributed by atoms with Gasteiger partial charge in [-0.3, -0.25) is 43.2 Å². The Morgan fingerprint density at radius 2 is 1.17 bits per heavy atom. The second kappa shape index (κ2) is 29.2. The predicted octanol–water partition coefficient (Wildman–Crippen LogP) is -2.16. The number of phenols is 1. The number of rotatable bonds is 29. The van der Waals surface area contributed by atoms with Gasteiger partial charge in [0.2, 0.25) is 53.2 Å². The van der Waals surface area contributed by atoms with Gasteiger partial charge < -0.3 is 73.9 Å². The molecule has 0 saturated carbocycles. The molecule has 0 bridgehead atoms. The number of aliphatic hydroxyl groups is 1. The third-order valence-corrected chi connectivity index (χ3v) is 12.8. The zero-order valence-electron chi connectivity index (χ0n) is 43.4. The number of aromatic amines is 1. The van der Waals surface area contributed by atoms with E-state index in [4.69, 9.17) is 5.73 Å². The fourth-order valence-electron chi connectivity index (χ4n) is 8.14. The molecule has 0 spiro atoms. The van der Waals surface area contributed by atoms with Gasteiger partial charge in [-0.1, -0.05) is 76.6 Å². The summed E-state index contributed by atoms with van der Waals surface area (Å²) in [7, 11) is 0. The molecule has 25 heteroatoms. The number of nitrogens with two attached hydrogens (primary N) is 1. The number of benzene rings is 2. The summed E-state index contributed by atoms with van der Waals surface area (Å²) in [6.45, 7) is 9.78. The standard InChI is InChI=1S/C51H72N12O13/c1-7-27(4)41(49(73)61-40(26(2)3)48(72)63-42(29(6)64)50(74)60-38(51(75)76)21-30-12-9-8-10-13-30)62-47(71)37(23-39(52)66)59-45(69)35(20-31-15-17-33(65)18-16-31)58-46(70)36(22-32-24-53-25-55-32)57-43(67)28(5)56-44(68)34-14-11-19-54-34/h8-10,12-13,15-18,24-29,34-38,40-42,54,64-65H,7,11,14,19-23H2,1-6H3,(H2,52,66)(H,53,55)(H,56,68)(H,57,67)(H,58,70)(H,59,69)(H,60,74)(H,61,73)(H,62,71)(H,63,72)(H,75,76)/t27-,28-,29+,34-,35-,36-,37-,38-,40-,41-,42-/m0/s1. The van der Waals surface area contributed by atoms with Crippen molar-refractivity contribution in [2.24, 2.45) is 17.6 Å². The average molecular weight is 1060 g/mol. The molecule has 9 amide bonds. The summed E-state index contributed by atoms with van der Waals surface area (Å²) in [5.74, 6) is -10.7. The Bertz CT molecular complexity index is 2470. The van der Waals surface area contributed by atoms with Crippen LogP contribution in [0, 0.1) is 11.8 Å². The van der Waals surface area contributed by atoms with Crippen molar-refractivity contribution >= 4 is 59.1 Å². The lowest BCUT2D eigenvalue weighted by molar-refractivity contribution is -0.143. The van der Waals surface area contributed by atoms with Crippen LogP contribution in [0.3, 0.4) is 0 Å². The number of carbonyl (C=O) groups excluding carboxylic acids is 9. The smallest absolute Gasteiger partial charge is 0.326 e. The zero-order valence-corrected chi connectivity index (χ0v) is 43.4. The summed E-state index contributed by atoms with van der Waals surface area (Å²) in [6, 6.07) is 1.95. The first-order valence-corrected chi connectivity index (χ1v) is 25.1. The number of imidazole rings is 1. The molecule has 2 heterocycles. The monoisotopic (exact) mass is 1060 g/mol. The van der Waals surface area contributed by atoms with Gasteiger partial charge in [0, 0.05) is 31.2 Å². The molecule has 1 fully saturated rings. The summed E-state index contributed by atoms with van der Waals surface area (Å²) in [6.07, 6.45) is 1.58. The summed E-state index contributed by atoms with van der Waals surface area (Å²) >= 11 is 0. The van der Waals surface area contributed by atoms with Crippen LogP contribution in [-0.2, 0) is 67.2 Å². The number of aromatic hydroxyl groups is 1. The first kappa shape index (κ1) is 60.6. The molecule has 76 heavy (non-hydrogen) atoms. The van der Waals surface area contributed by atoms with Gasteiger partial charge in [0.25, 0.3) is 0 Å². The van der Waals surface area contributed by atoms with Crippen molar-refractivity contribution in [3.63, 3.8) is 0 Å². The number of hydrogen-bond donors (Lipinski definition) is 14. The molecule has 4 rings (SSSR count). The lowest BCUT2D eigenvalue weighted by Crippen LogP contribution is -2.63. The molecular weight excluding hydrogens is 989 g/mol. The maximum absolute atomic E-state index is 14.4. The van der Waals surface area contributed by atoms with Crippen molar-refractivity contribution in [1.29, 1.82) is 0 Å². The van der Waals surface area contributed by atoms with Gasteiger partial charge in [-0.25, -0.2) is 9.78 Å². The highest BCUT2D eigenvalue weighted by Gasteiger charge is 2.38. The number of nitrogens with one attached hydrogen (secondary N) is 10. The molecule has 414 valence electrons. The van der Waals surface area contributed by atoms with Gasteiger partial charge in [0.15, 0.2) is 0 Å². The van der Waals surface area contributed by atoms with E-state index in [1.54, 1.807) is 58.0 Å². The van der Waals surface area contributed by atoms with Crippen LogP contribution in [0.25, 0.3) is 0 Å². The number of primary amides is 1. The van der Waals surface area contributed by atoms with Crippen molar-refractivity contribution in [3.8, 4) is 5.75 Å². The molecule has 2 aromatic carbocycles. The largest absolute Gasteiger partial charge is 0.508 e. The predicted molar refractivity (Wildman–Crippen MR) is 274 cm³/mol. The maximum Gasteiger partial charge on any atom is 0.326 e. The summed E-state index contributed by atoms with van der Waals surface area (Å²) < 4.78 is 0. The number of carbonyl (C=O) groups is 10. The van der Waals surface area contributed by atoms with Gasteiger partial charge in [-0.05, 0) is 68.3 Å². The van der Waals surface area contributed by atoms with E-state index < -0.39 is 138 Å². The van der Waals surface area contributed by atoms with Crippen LogP contribution in [0.15, 0.2) is 67.1 Å². The Morgan fingerprint density at radius 1 is 0.645 bits per heavy atom. The number of amides is 9. The van der Waals surface area contributed by atoms with Crippen LogP contribution < -0.4 is 53.6 Å². The van der Waals surface area contributed by atoms with Crippen LogP contribution in [0.1, 0.15) is 84.0 Å². The quantitative estimate of drug-likeness (QED) is 0.0352. The molecule has 3 aromatic rings. The minimum atomic E-state index is -1.76. The van der Waals surface area contributed by atoms with Crippen LogP contribution in [-0.4, -0.2) is 151 Å². The topological polar surface area (TPSA) is 394 Å². The first-order chi connectivity index (χ1) is 36.0. The summed E-state index contributed by atoms with van der Waals surface area (Å²) in [5, 5.41) is 53.8. The molecule has 15 N–H and O–H groups in total. The molecule has 25 nitrogen and oxygen atoms in total. The maximum atomic E-state index is 14.4. The SMILES string of the molecule is CC[C@H](C)[C@H](NC(=O)[C@H](CC(N)=O)NC(=O)[C@H](Cc1ccc(O)cc1)NC(=O)[C@H](Cc1cnc[nH]1)NC(=O)[C@H](C)NC(=O)[C@@H]1CCCN1)C(=O)N[C@H](C(=O)N[C@H](C(=O)N[C@@H](Cc1ccccc1)C(=O)O)[C@@H](C)O)C(C)C. The second-order valence-corrected chi connectivity index (χ2v) is 19.3. The molecule has 0 aliphatic carbocycles. The highest BCUT2D eigenvalue weighted by molar-refractivity contribution is 5.99. The number of aliphatic carboxylic acids is 1. The van der Waals surface area contributed by atoms with Crippen molar-refractivity contribution in [1.82, 2.24) is 57.8 Å². The lowest BCUT2D eigenvalue weighted by atomic mass is 9.95. The Balaban J connectivity index is 1.54. The molecule has 1 saturated heterocycles. The molecule has 1 aliphatic heterocycles. The highest BCUT2D eigenvalue weighted by Crippen LogP contribution is 2.15. The van der Waals surface area contributed by atoms with E-state index in [0.29, 0.717) is 29.8 Å². The summed E-state index contributed by atoms with van der Waals surface area (Å²) in [5.41, 5.74) is 7.01. The fraction of sp³-hybridized carbons (Fsp3) is 0.510. The van der Waals surface area contributed by atoms with E-state index in [0.717, 1.165) is 6.42 Å². The van der Waals surface area contributed by atoms with Crippen LogP contribution in [0.5, 0.6) is 5.75 Å². The van der Waals surface area contributed by atoms with Crippen LogP contribution in [0.2, 0.25) is 0 Å². The number of H-pyrrole nitrogens is 1. The van der Waals surface area contributed by atoms with E-state index in [2.05, 4.69) is 57.8 Å². The van der Waals surface area contributed by atoms with Gasteiger partial charge in [0.1, 0.15) is 54.1 Å². The second-order valence-electron chi connectivity index (χ2n) is 19.3. The van der Waals surface area contributed by atoms with E-state index in [1.807, 2.05) is 0 Å². The molecule has 0 unspecified atom stereocenters. The number of carboxylic acid groups (broad SMARTS) is 1. The third-order valence-electron chi connectivity index (χ3n) is 12.8. The fourth-order valence-corrected chi connectivity index (χ4v) is 8.14. The summed E-state index contributed by atoms with van der Waals surface area (Å²) in [4.78, 5) is 142. The van der Waals surface area contributed by atoms with Crippen molar-refractivity contribution in [2.45, 2.75) is 147 Å². The average Bonchev–Trinajstić information content (AvgIpc) is 4.12. The third kappa shape index (κ3) is 18.8.